The van der Waals surface area contributed by atoms with E-state index in [1.54, 1.807) is 20.0 Å². The van der Waals surface area contributed by atoms with Crippen LogP contribution < -0.4 is 9.05 Å². The molecule has 8 aromatic carbocycles. The Balaban J connectivity index is 0.00000203. The first kappa shape index (κ1) is 36.3. The molecule has 54 heavy (non-hydrogen) atoms. The Bertz CT molecular complexity index is 2340. The summed E-state index contributed by atoms with van der Waals surface area (Å²) in [6, 6.07) is 64.7. The fourth-order valence-corrected chi connectivity index (χ4v) is 9.72. The fraction of sp³-hybridized carbons (Fsp3) is 0.0833. The van der Waals surface area contributed by atoms with Gasteiger partial charge in [0.2, 0.25) is 0 Å². The van der Waals surface area contributed by atoms with Crippen molar-refractivity contribution in [2.24, 2.45) is 0 Å². The molecular weight excluding hydrogens is 886 g/mol. The molecule has 8 aromatic rings. The quantitative estimate of drug-likeness (QED) is 0.117. The molecule has 0 fully saturated rings. The molecule has 6 heteroatoms. The minimum atomic E-state index is -2.30. The molecule has 0 amide bonds. The van der Waals surface area contributed by atoms with E-state index in [9.17, 15) is 0 Å². The molecule has 0 saturated heterocycles. The molecule has 2 atom stereocenters. The molecule has 9 rings (SSSR count). The van der Waals surface area contributed by atoms with Gasteiger partial charge in [0, 0.05) is 22.3 Å². The van der Waals surface area contributed by atoms with E-state index in [2.05, 4.69) is 210 Å². The number of hydrogen-bond donors (Lipinski definition) is 0. The van der Waals surface area contributed by atoms with Crippen LogP contribution in [0, 0.1) is 0 Å². The second kappa shape index (κ2) is 16.3. The molecule has 0 aromatic heterocycles. The zero-order valence-corrected chi connectivity index (χ0v) is 33.8. The zero-order valence-electron chi connectivity index (χ0n) is 29.9. The Hall–Kier alpha value is -4.70. The summed E-state index contributed by atoms with van der Waals surface area (Å²) in [4.78, 5) is 0. The molecule has 3 nitrogen and oxygen atoms in total. The number of hydrogen-bond acceptors (Lipinski definition) is 3. The Kier molecular flexibility index (Phi) is 11.0. The van der Waals surface area contributed by atoms with Gasteiger partial charge in [0.05, 0.1) is 12.1 Å². The van der Waals surface area contributed by atoms with Gasteiger partial charge in [0.25, 0.3) is 0 Å². The van der Waals surface area contributed by atoms with Crippen LogP contribution in [0.2, 0.25) is 0 Å². The molecule has 0 spiro atoms. The van der Waals surface area contributed by atoms with Crippen molar-refractivity contribution in [2.75, 3.05) is 0 Å². The van der Waals surface area contributed by atoms with Crippen LogP contribution in [-0.4, -0.2) is 4.67 Å². The van der Waals surface area contributed by atoms with Crippen LogP contribution in [-0.2, 0) is 20.0 Å². The van der Waals surface area contributed by atoms with E-state index in [1.165, 1.54) is 11.1 Å². The van der Waals surface area contributed by atoms with Crippen molar-refractivity contribution in [3.05, 3.63) is 193 Å². The molecule has 270 valence electrons. The van der Waals surface area contributed by atoms with Gasteiger partial charge in [0.15, 0.2) is 11.5 Å². The van der Waals surface area contributed by atoms with Gasteiger partial charge in [-0.25, -0.2) is 0 Å². The van der Waals surface area contributed by atoms with Gasteiger partial charge in [0.1, 0.15) is 0 Å². The monoisotopic (exact) mass is 924 g/mol. The molecule has 1 aliphatic heterocycles. The number of benzene rings is 8. The number of rotatable bonds is 7. The molecule has 0 unspecified atom stereocenters. The third-order valence-electron chi connectivity index (χ3n) is 10.4. The molecule has 1 heterocycles. The third kappa shape index (κ3) is 6.89. The molecule has 0 bridgehead atoms. The number of halogens is 1. The molecule has 1 aliphatic rings. The van der Waals surface area contributed by atoms with Crippen molar-refractivity contribution < 1.29 is 29.0 Å². The molecule has 0 radical (unpaired) electrons. The van der Waals surface area contributed by atoms with Crippen LogP contribution >= 0.6 is 17.7 Å². The summed E-state index contributed by atoms with van der Waals surface area (Å²) in [5.74, 6) is 1.72. The van der Waals surface area contributed by atoms with Gasteiger partial charge < -0.3 is 0 Å². The van der Waals surface area contributed by atoms with Gasteiger partial charge in [-0.05, 0) is 69.8 Å². The van der Waals surface area contributed by atoms with E-state index in [0.29, 0.717) is 0 Å². The van der Waals surface area contributed by atoms with Gasteiger partial charge in [-0.3, -0.25) is 9.05 Å². The molecule has 0 N–H and O–H groups in total. The van der Waals surface area contributed by atoms with E-state index in [4.69, 9.17) is 9.05 Å². The molecule has 0 aliphatic carbocycles. The topological polar surface area (TPSA) is 21.7 Å². The second-order valence-corrected chi connectivity index (χ2v) is 14.9. The summed E-state index contributed by atoms with van der Waals surface area (Å²) in [5, 5.41) is 4.59. The maximum absolute atomic E-state index is 7.63. The van der Waals surface area contributed by atoms with Crippen LogP contribution in [0.3, 0.4) is 0 Å². The Labute approximate surface area is 334 Å². The number of fused-ring (bicyclic) bond motifs is 7. The average Bonchev–Trinajstić information content (AvgIpc) is 3.43. The summed E-state index contributed by atoms with van der Waals surface area (Å²) < 4.78 is 17.7. The second-order valence-electron chi connectivity index (χ2n) is 13.5. The van der Waals surface area contributed by atoms with E-state index in [-0.39, 0.29) is 12.1 Å². The van der Waals surface area contributed by atoms with Crippen molar-refractivity contribution in [3.8, 4) is 44.9 Å². The SMILES string of the molecule is C[C@H](c1ccccc1)N([C@H](C)c1ccccc1)[PH+]1Oc2c(-c3ccccc3)cc3ccccc3c2-c2c(c(-c3ccccc3)cc3ccccc23)O1.[Cl][Au]. The van der Waals surface area contributed by atoms with Crippen LogP contribution in [0.25, 0.3) is 54.9 Å². The summed E-state index contributed by atoms with van der Waals surface area (Å²) in [7, 11) is 2.28. The van der Waals surface area contributed by atoms with Crippen molar-refractivity contribution in [1.29, 1.82) is 0 Å². The normalized spacial score (nSPS) is 13.4. The molecular formula is C48H39AuClNO2P+. The summed E-state index contributed by atoms with van der Waals surface area (Å²) >= 11 is 1.75. The summed E-state index contributed by atoms with van der Waals surface area (Å²) in [5.41, 5.74) is 8.89. The fourth-order valence-electron chi connectivity index (χ4n) is 7.77. The van der Waals surface area contributed by atoms with E-state index in [1.807, 2.05) is 0 Å². The third-order valence-corrected chi connectivity index (χ3v) is 12.4. The van der Waals surface area contributed by atoms with Gasteiger partial charge in [-0.15, -0.1) is 4.67 Å². The average molecular weight is 925 g/mol. The first-order chi connectivity index (χ1) is 26.7. The first-order valence-electron chi connectivity index (χ1n) is 18.1. The predicted octanol–water partition coefficient (Wildman–Crippen LogP) is 14.2. The zero-order chi connectivity index (χ0) is 37.0. The van der Waals surface area contributed by atoms with Crippen LogP contribution in [0.4, 0.5) is 0 Å². The van der Waals surface area contributed by atoms with Crippen LogP contribution in [0.5, 0.6) is 11.5 Å². The van der Waals surface area contributed by atoms with Gasteiger partial charge in [-0.2, -0.15) is 0 Å². The first-order valence-corrected chi connectivity index (χ1v) is 22.1. The molecule has 0 saturated carbocycles. The van der Waals surface area contributed by atoms with Crippen molar-refractivity contribution in [2.45, 2.75) is 25.9 Å². The van der Waals surface area contributed by atoms with Crippen molar-refractivity contribution >= 4 is 39.3 Å². The van der Waals surface area contributed by atoms with E-state index < -0.39 is 8.53 Å². The van der Waals surface area contributed by atoms with Crippen molar-refractivity contribution in [1.82, 2.24) is 4.67 Å². The van der Waals surface area contributed by atoms with Gasteiger partial charge >= 0.3 is 37.7 Å². The minimum absolute atomic E-state index is 0.0171. The predicted molar refractivity (Wildman–Crippen MR) is 225 cm³/mol. The van der Waals surface area contributed by atoms with Crippen LogP contribution in [0.15, 0.2) is 182 Å². The van der Waals surface area contributed by atoms with Gasteiger partial charge in [-0.1, -0.05) is 170 Å². The van der Waals surface area contributed by atoms with E-state index >= 15 is 0 Å². The maximum atomic E-state index is 7.63. The Morgan fingerprint density at radius 3 is 1.19 bits per heavy atom. The Morgan fingerprint density at radius 2 is 0.796 bits per heavy atom. The van der Waals surface area contributed by atoms with Crippen molar-refractivity contribution in [3.63, 3.8) is 0 Å². The number of nitrogens with zero attached hydrogens (tertiary/aromatic N) is 1. The van der Waals surface area contributed by atoms with Crippen LogP contribution in [0.1, 0.15) is 37.1 Å². The van der Waals surface area contributed by atoms with E-state index in [0.717, 1.165) is 66.4 Å². The summed E-state index contributed by atoms with van der Waals surface area (Å²) in [6.07, 6.45) is 0. The summed E-state index contributed by atoms with van der Waals surface area (Å²) in [6.45, 7) is 4.56. The Morgan fingerprint density at radius 1 is 0.463 bits per heavy atom. The standard InChI is InChI=1S/C48H38NO2P.Au.ClH/c1-33(35-19-7-3-8-20-35)49(34(2)36-21-9-4-10-22-36)52-50-47-43(37-23-11-5-12-24-37)31-39-27-15-17-29-41(39)45(47)46-42-30-18-16-28-40(42)32-44(48(46)51-52)38-25-13-6-14-26-38;;/h3-34H,1-2H3;;1H/q;+1;/t33-,34-;;/m1../s1.